The fraction of sp³-hybridized carbons (Fsp3) is 0.545. The van der Waals surface area contributed by atoms with Crippen molar-refractivity contribution < 1.29 is 4.79 Å². The molecule has 3 nitrogen and oxygen atoms in total. The minimum absolute atomic E-state index is 0.0718. The summed E-state index contributed by atoms with van der Waals surface area (Å²) in [6, 6.07) is 0. The lowest BCUT2D eigenvalue weighted by atomic mass is 10.4. The molecule has 0 amide bonds. The molecule has 0 spiro atoms. The number of carbonyl (C=O) groups excluding carboxylic acids is 1. The summed E-state index contributed by atoms with van der Waals surface area (Å²) < 4.78 is 1.99. The normalized spacial score (nSPS) is 12.4. The summed E-state index contributed by atoms with van der Waals surface area (Å²) in [6.45, 7) is 9.54. The number of nitrogens with zero attached hydrogens (tertiary/aromatic N) is 2. The van der Waals surface area contributed by atoms with E-state index in [0.717, 1.165) is 20.2 Å². The molecule has 0 aliphatic heterocycles. The van der Waals surface area contributed by atoms with Gasteiger partial charge in [-0.15, -0.1) is 10.2 Å². The molecule has 0 saturated heterocycles. The van der Waals surface area contributed by atoms with Gasteiger partial charge in [-0.05, 0) is 18.2 Å². The van der Waals surface area contributed by atoms with Gasteiger partial charge in [-0.3, -0.25) is 4.79 Å². The first-order valence-corrected chi connectivity index (χ1v) is 9.15. The third-order valence-electron chi connectivity index (χ3n) is 1.75. The summed E-state index contributed by atoms with van der Waals surface area (Å²) in [7, 11) is 0. The summed E-state index contributed by atoms with van der Waals surface area (Å²) in [5, 5.41) is 8.54. The maximum absolute atomic E-state index is 11.5. The molecule has 0 aromatic carbocycles. The Morgan fingerprint density at radius 1 is 1.39 bits per heavy atom. The Morgan fingerprint density at radius 3 is 2.56 bits per heavy atom. The zero-order valence-corrected chi connectivity index (χ0v) is 13.9. The van der Waals surface area contributed by atoms with Gasteiger partial charge in [0.05, 0.1) is 0 Å². The van der Waals surface area contributed by atoms with E-state index in [-0.39, 0.29) is 10.4 Å². The second kappa shape index (κ2) is 8.24. The largest absolute Gasteiger partial charge is 0.282 e. The maximum atomic E-state index is 11.5. The van der Waals surface area contributed by atoms with Crippen LogP contribution in [0, 0.1) is 0 Å². The van der Waals surface area contributed by atoms with Crippen LogP contribution in [-0.4, -0.2) is 32.1 Å². The van der Waals surface area contributed by atoms with Crippen molar-refractivity contribution in [3.63, 3.8) is 0 Å². The SMILES string of the molecule is C=C(C)C(=O)SC(C)CSc1nnc(SCC)s1. The molecular weight excluding hydrogens is 304 g/mol. The predicted molar refractivity (Wildman–Crippen MR) is 83.9 cm³/mol. The van der Waals surface area contributed by atoms with E-state index in [2.05, 4.69) is 23.7 Å². The molecule has 0 aliphatic rings. The molecule has 1 rings (SSSR count). The smallest absolute Gasteiger partial charge is 0.214 e. The van der Waals surface area contributed by atoms with Gasteiger partial charge in [0.25, 0.3) is 0 Å². The van der Waals surface area contributed by atoms with Crippen LogP contribution in [0.15, 0.2) is 20.8 Å². The fourth-order valence-electron chi connectivity index (χ4n) is 0.943. The van der Waals surface area contributed by atoms with Crippen LogP contribution < -0.4 is 0 Å². The molecule has 0 saturated carbocycles. The lowest BCUT2D eigenvalue weighted by molar-refractivity contribution is -0.107. The van der Waals surface area contributed by atoms with E-state index in [1.165, 1.54) is 11.8 Å². The van der Waals surface area contributed by atoms with E-state index in [1.807, 2.05) is 6.92 Å². The molecule has 0 radical (unpaired) electrons. The molecule has 1 aromatic heterocycles. The van der Waals surface area contributed by atoms with Crippen molar-refractivity contribution in [1.82, 2.24) is 10.2 Å². The molecule has 18 heavy (non-hydrogen) atoms. The van der Waals surface area contributed by atoms with Crippen molar-refractivity contribution in [1.29, 1.82) is 0 Å². The fourth-order valence-corrected chi connectivity index (χ4v) is 4.78. The van der Waals surface area contributed by atoms with E-state index in [9.17, 15) is 4.79 Å². The van der Waals surface area contributed by atoms with Crippen LogP contribution >= 0.6 is 46.6 Å². The van der Waals surface area contributed by atoms with Gasteiger partial charge in [0.2, 0.25) is 5.12 Å². The van der Waals surface area contributed by atoms with Gasteiger partial charge in [-0.1, -0.05) is 67.0 Å². The Kier molecular flexibility index (Phi) is 7.36. The zero-order chi connectivity index (χ0) is 13.5. The number of rotatable bonds is 7. The second-order valence-electron chi connectivity index (χ2n) is 3.57. The van der Waals surface area contributed by atoms with Crippen molar-refractivity contribution >= 4 is 51.7 Å². The van der Waals surface area contributed by atoms with Crippen LogP contribution in [0.4, 0.5) is 0 Å². The van der Waals surface area contributed by atoms with Gasteiger partial charge in [-0.2, -0.15) is 0 Å². The zero-order valence-electron chi connectivity index (χ0n) is 10.6. The first-order valence-electron chi connectivity index (χ1n) is 5.48. The summed E-state index contributed by atoms with van der Waals surface area (Å²) in [5.74, 6) is 1.87. The Labute approximate surface area is 125 Å². The quantitative estimate of drug-likeness (QED) is 0.559. The highest BCUT2D eigenvalue weighted by molar-refractivity contribution is 8.15. The van der Waals surface area contributed by atoms with Gasteiger partial charge >= 0.3 is 0 Å². The van der Waals surface area contributed by atoms with Gasteiger partial charge in [0.15, 0.2) is 8.68 Å². The highest BCUT2D eigenvalue weighted by Crippen LogP contribution is 2.30. The lowest BCUT2D eigenvalue weighted by Crippen LogP contribution is -2.05. The predicted octanol–water partition coefficient (Wildman–Crippen LogP) is 3.97. The number of hydrogen-bond acceptors (Lipinski definition) is 7. The van der Waals surface area contributed by atoms with Crippen LogP contribution in [0.25, 0.3) is 0 Å². The minimum atomic E-state index is 0.0718. The molecule has 1 heterocycles. The highest BCUT2D eigenvalue weighted by Gasteiger charge is 2.12. The van der Waals surface area contributed by atoms with E-state index in [4.69, 9.17) is 0 Å². The Morgan fingerprint density at radius 2 is 2.00 bits per heavy atom. The first-order chi connectivity index (χ1) is 8.52. The van der Waals surface area contributed by atoms with Crippen molar-refractivity contribution in [3.8, 4) is 0 Å². The van der Waals surface area contributed by atoms with Crippen LogP contribution in [0.1, 0.15) is 20.8 Å². The average Bonchev–Trinajstić information content (AvgIpc) is 2.74. The third-order valence-corrected chi connectivity index (χ3v) is 6.43. The van der Waals surface area contributed by atoms with Crippen molar-refractivity contribution in [2.24, 2.45) is 0 Å². The van der Waals surface area contributed by atoms with Crippen LogP contribution in [0.5, 0.6) is 0 Å². The van der Waals surface area contributed by atoms with Gasteiger partial charge in [0.1, 0.15) is 0 Å². The molecule has 1 unspecified atom stereocenters. The molecule has 0 fully saturated rings. The van der Waals surface area contributed by atoms with Crippen molar-refractivity contribution in [3.05, 3.63) is 12.2 Å². The molecule has 0 N–H and O–H groups in total. The molecule has 1 atom stereocenters. The van der Waals surface area contributed by atoms with Crippen molar-refractivity contribution in [2.45, 2.75) is 34.7 Å². The van der Waals surface area contributed by atoms with Crippen LogP contribution in [0.3, 0.4) is 0 Å². The monoisotopic (exact) mass is 320 g/mol. The molecule has 0 bridgehead atoms. The Balaban J connectivity index is 2.35. The number of aromatic nitrogens is 2. The molecule has 100 valence electrons. The highest BCUT2D eigenvalue weighted by atomic mass is 32.2. The van der Waals surface area contributed by atoms with Gasteiger partial charge in [-0.25, -0.2) is 0 Å². The number of thioether (sulfide) groups is 3. The lowest BCUT2D eigenvalue weighted by Gasteiger charge is -2.07. The van der Waals surface area contributed by atoms with Crippen molar-refractivity contribution in [2.75, 3.05) is 11.5 Å². The van der Waals surface area contributed by atoms with Gasteiger partial charge in [0, 0.05) is 11.0 Å². The minimum Gasteiger partial charge on any atom is -0.282 e. The standard InChI is InChI=1S/C11H16N2OS4/c1-5-15-10-12-13-11(18-10)16-6-8(4)17-9(14)7(2)3/h8H,2,5-6H2,1,3-4H3. The Bertz CT molecular complexity index is 419. The maximum Gasteiger partial charge on any atom is 0.214 e. The van der Waals surface area contributed by atoms with E-state index in [1.54, 1.807) is 41.8 Å². The molecule has 0 aliphatic carbocycles. The first kappa shape index (κ1) is 16.1. The number of hydrogen-bond donors (Lipinski definition) is 0. The molecular formula is C11H16N2OS4. The van der Waals surface area contributed by atoms with E-state index < -0.39 is 0 Å². The molecule has 1 aromatic rings. The number of carbonyl (C=O) groups is 1. The molecule has 7 heteroatoms. The van der Waals surface area contributed by atoms with E-state index in [0.29, 0.717) is 5.57 Å². The summed E-state index contributed by atoms with van der Waals surface area (Å²) in [6.07, 6.45) is 0. The third kappa shape index (κ3) is 5.77. The summed E-state index contributed by atoms with van der Waals surface area (Å²) in [4.78, 5) is 11.5. The van der Waals surface area contributed by atoms with Crippen LogP contribution in [0.2, 0.25) is 0 Å². The van der Waals surface area contributed by atoms with Gasteiger partial charge < -0.3 is 0 Å². The van der Waals surface area contributed by atoms with E-state index >= 15 is 0 Å². The Hall–Kier alpha value is 0.0200. The average molecular weight is 321 g/mol. The second-order valence-corrected chi connectivity index (χ2v) is 8.74. The topological polar surface area (TPSA) is 42.9 Å². The summed E-state index contributed by atoms with van der Waals surface area (Å²) >= 11 is 6.32. The summed E-state index contributed by atoms with van der Waals surface area (Å²) in [5.41, 5.74) is 0.606. The van der Waals surface area contributed by atoms with Crippen LogP contribution in [-0.2, 0) is 4.79 Å².